The van der Waals surface area contributed by atoms with Crippen molar-refractivity contribution in [3.63, 3.8) is 0 Å². The number of halogens is 2. The Morgan fingerprint density at radius 1 is 1.00 bits per heavy atom. The number of benzene rings is 4. The summed E-state index contributed by atoms with van der Waals surface area (Å²) in [6.07, 6.45) is 1.63. The highest BCUT2D eigenvalue weighted by Gasteiger charge is 2.15. The Bertz CT molecular complexity index is 1740. The fourth-order valence-electron chi connectivity index (χ4n) is 4.30. The summed E-state index contributed by atoms with van der Waals surface area (Å²) in [5.74, 6) is 1.73. The number of hydrogen-bond acceptors (Lipinski definition) is 5. The molecule has 0 spiro atoms. The molecule has 0 atom stereocenters. The van der Waals surface area contributed by atoms with Crippen LogP contribution in [-0.4, -0.2) is 23.0 Å². The zero-order chi connectivity index (χ0) is 26.8. The van der Waals surface area contributed by atoms with Gasteiger partial charge in [-0.1, -0.05) is 72.2 Å². The van der Waals surface area contributed by atoms with Crippen LogP contribution in [0.4, 0.5) is 0 Å². The Hall–Kier alpha value is -3.49. The van der Waals surface area contributed by atoms with Crippen molar-refractivity contribution in [2.75, 3.05) is 7.11 Å². The van der Waals surface area contributed by atoms with Gasteiger partial charge in [0.25, 0.3) is 5.56 Å². The van der Waals surface area contributed by atoms with Crippen LogP contribution >= 0.6 is 31.9 Å². The topological polar surface area (TPSA) is 65.7 Å². The van der Waals surface area contributed by atoms with Crippen molar-refractivity contribution >= 4 is 59.7 Å². The molecule has 0 aliphatic carbocycles. The Morgan fingerprint density at radius 3 is 2.58 bits per heavy atom. The summed E-state index contributed by atoms with van der Waals surface area (Å²) in [5, 5.41) is 7.35. The van der Waals surface area contributed by atoms with Gasteiger partial charge < -0.3 is 9.47 Å². The Morgan fingerprint density at radius 2 is 1.79 bits per heavy atom. The minimum absolute atomic E-state index is 0.000914. The van der Waals surface area contributed by atoms with E-state index in [9.17, 15) is 4.79 Å². The molecule has 0 aliphatic heterocycles. The largest absolute Gasteiger partial charge is 0.493 e. The molecule has 8 heteroatoms. The molecule has 38 heavy (non-hydrogen) atoms. The predicted octanol–water partition coefficient (Wildman–Crippen LogP) is 7.67. The molecule has 0 amide bonds. The second-order valence-electron chi connectivity index (χ2n) is 9.11. The van der Waals surface area contributed by atoms with Crippen molar-refractivity contribution in [3.8, 4) is 11.5 Å². The molecule has 0 saturated carbocycles. The third kappa shape index (κ3) is 5.24. The van der Waals surface area contributed by atoms with E-state index in [1.165, 1.54) is 4.68 Å². The molecule has 4 aromatic carbocycles. The summed E-state index contributed by atoms with van der Waals surface area (Å²) >= 11 is 7.07. The first-order valence-electron chi connectivity index (χ1n) is 12.1. The lowest BCUT2D eigenvalue weighted by molar-refractivity contribution is 0.283. The van der Waals surface area contributed by atoms with Crippen molar-refractivity contribution < 1.29 is 9.47 Å². The standard InChI is InChI=1S/C30H25Br2N3O3/c1-18(2)29-34-26-12-11-22(31)15-24(26)30(36)35(29)33-16-19-13-25(32)28(27(14-19)37-3)38-17-21-9-6-8-20-7-4-5-10-23(20)21/h4-16,18H,17H2,1-3H3. The predicted molar refractivity (Wildman–Crippen MR) is 160 cm³/mol. The van der Waals surface area contributed by atoms with E-state index in [2.05, 4.69) is 61.2 Å². The van der Waals surface area contributed by atoms with E-state index in [1.54, 1.807) is 19.4 Å². The van der Waals surface area contributed by atoms with E-state index < -0.39 is 0 Å². The van der Waals surface area contributed by atoms with Crippen LogP contribution in [0.2, 0.25) is 0 Å². The summed E-state index contributed by atoms with van der Waals surface area (Å²) in [7, 11) is 1.60. The molecule has 1 aromatic heterocycles. The minimum Gasteiger partial charge on any atom is -0.493 e. The molecule has 0 saturated heterocycles. The molecular formula is C30H25Br2N3O3. The minimum atomic E-state index is -0.225. The van der Waals surface area contributed by atoms with Crippen LogP contribution in [-0.2, 0) is 6.61 Å². The van der Waals surface area contributed by atoms with Crippen molar-refractivity contribution in [2.45, 2.75) is 26.4 Å². The third-order valence-corrected chi connectivity index (χ3v) is 7.26. The van der Waals surface area contributed by atoms with Gasteiger partial charge in [0.15, 0.2) is 11.5 Å². The van der Waals surface area contributed by atoms with Gasteiger partial charge in [0.1, 0.15) is 12.4 Å². The van der Waals surface area contributed by atoms with Gasteiger partial charge in [-0.25, -0.2) is 4.98 Å². The first-order chi connectivity index (χ1) is 18.4. The summed E-state index contributed by atoms with van der Waals surface area (Å²) in [4.78, 5) is 18.0. The molecule has 192 valence electrons. The number of nitrogens with zero attached hydrogens (tertiary/aromatic N) is 3. The molecule has 0 bridgehead atoms. The lowest BCUT2D eigenvalue weighted by atomic mass is 10.1. The Kier molecular flexibility index (Phi) is 7.63. The van der Waals surface area contributed by atoms with Crippen molar-refractivity contribution in [1.82, 2.24) is 9.66 Å². The number of methoxy groups -OCH3 is 1. The van der Waals surface area contributed by atoms with Gasteiger partial charge in [0.2, 0.25) is 0 Å². The van der Waals surface area contributed by atoms with E-state index in [1.807, 2.05) is 56.3 Å². The average molecular weight is 635 g/mol. The van der Waals surface area contributed by atoms with E-state index in [4.69, 9.17) is 14.5 Å². The maximum atomic E-state index is 13.3. The number of ether oxygens (including phenoxy) is 2. The monoisotopic (exact) mass is 633 g/mol. The number of rotatable bonds is 7. The zero-order valence-electron chi connectivity index (χ0n) is 21.1. The number of hydrogen-bond donors (Lipinski definition) is 0. The van der Waals surface area contributed by atoms with E-state index in [0.717, 1.165) is 30.8 Å². The summed E-state index contributed by atoms with van der Waals surface area (Å²) in [5.41, 5.74) is 2.24. The van der Waals surface area contributed by atoms with Gasteiger partial charge in [0, 0.05) is 10.4 Å². The normalized spacial score (nSPS) is 11.6. The highest BCUT2D eigenvalue weighted by molar-refractivity contribution is 9.10. The smallest absolute Gasteiger partial charge is 0.282 e. The molecule has 5 rings (SSSR count). The SMILES string of the molecule is COc1cc(C=Nn2c(C(C)C)nc3ccc(Br)cc3c2=O)cc(Br)c1OCc1cccc2ccccc12. The van der Waals surface area contributed by atoms with Gasteiger partial charge in [0.05, 0.1) is 28.7 Å². The second-order valence-corrected chi connectivity index (χ2v) is 10.9. The van der Waals surface area contributed by atoms with Crippen LogP contribution in [0.5, 0.6) is 11.5 Å². The Balaban J connectivity index is 1.48. The van der Waals surface area contributed by atoms with Crippen LogP contribution in [0.3, 0.4) is 0 Å². The summed E-state index contributed by atoms with van der Waals surface area (Å²) < 4.78 is 14.8. The van der Waals surface area contributed by atoms with Crippen molar-refractivity contribution in [3.05, 3.63) is 109 Å². The molecular weight excluding hydrogens is 610 g/mol. The molecule has 0 fully saturated rings. The lowest BCUT2D eigenvalue weighted by Crippen LogP contribution is -2.23. The fraction of sp³-hybridized carbons (Fsp3) is 0.167. The van der Waals surface area contributed by atoms with E-state index >= 15 is 0 Å². The molecule has 0 N–H and O–H groups in total. The maximum absolute atomic E-state index is 13.3. The molecule has 1 heterocycles. The second kappa shape index (κ2) is 11.1. The Labute approximate surface area is 237 Å². The summed E-state index contributed by atoms with van der Waals surface area (Å²) in [6, 6.07) is 23.6. The highest BCUT2D eigenvalue weighted by atomic mass is 79.9. The van der Waals surface area contributed by atoms with Crippen LogP contribution in [0.25, 0.3) is 21.7 Å². The van der Waals surface area contributed by atoms with Crippen LogP contribution in [0, 0.1) is 0 Å². The average Bonchev–Trinajstić information content (AvgIpc) is 2.91. The maximum Gasteiger partial charge on any atom is 0.282 e. The number of fused-ring (bicyclic) bond motifs is 2. The molecule has 0 radical (unpaired) electrons. The third-order valence-electron chi connectivity index (χ3n) is 6.18. The van der Waals surface area contributed by atoms with Gasteiger partial charge in [-0.15, -0.1) is 0 Å². The van der Waals surface area contributed by atoms with Gasteiger partial charge in [-0.2, -0.15) is 9.78 Å². The first-order valence-corrected chi connectivity index (χ1v) is 13.7. The van der Waals surface area contributed by atoms with Gasteiger partial charge in [-0.3, -0.25) is 4.79 Å². The number of aromatic nitrogens is 2. The molecule has 0 unspecified atom stereocenters. The highest BCUT2D eigenvalue weighted by Crippen LogP contribution is 2.37. The van der Waals surface area contributed by atoms with E-state index in [-0.39, 0.29) is 11.5 Å². The van der Waals surface area contributed by atoms with Crippen LogP contribution in [0.15, 0.2) is 91.6 Å². The van der Waals surface area contributed by atoms with E-state index in [0.29, 0.717) is 34.8 Å². The fourth-order valence-corrected chi connectivity index (χ4v) is 5.23. The van der Waals surface area contributed by atoms with Crippen molar-refractivity contribution in [2.24, 2.45) is 5.10 Å². The quantitative estimate of drug-likeness (QED) is 0.172. The van der Waals surface area contributed by atoms with Crippen LogP contribution in [0.1, 0.15) is 36.7 Å². The first kappa shape index (κ1) is 26.1. The molecule has 0 aliphatic rings. The zero-order valence-corrected chi connectivity index (χ0v) is 24.3. The molecule has 6 nitrogen and oxygen atoms in total. The summed E-state index contributed by atoms with van der Waals surface area (Å²) in [6.45, 7) is 4.36. The van der Waals surface area contributed by atoms with Gasteiger partial charge >= 0.3 is 0 Å². The van der Waals surface area contributed by atoms with Gasteiger partial charge in [-0.05, 0) is 68.2 Å². The van der Waals surface area contributed by atoms with Crippen molar-refractivity contribution in [1.29, 1.82) is 0 Å². The molecule has 5 aromatic rings. The van der Waals surface area contributed by atoms with Crippen LogP contribution < -0.4 is 15.0 Å². The lowest BCUT2D eigenvalue weighted by Gasteiger charge is -2.15.